The molecule has 37 heavy (non-hydrogen) atoms. The first-order valence-electron chi connectivity index (χ1n) is 13.2. The van der Waals surface area contributed by atoms with Crippen molar-refractivity contribution in [3.05, 3.63) is 70.9 Å². The predicted octanol–water partition coefficient (Wildman–Crippen LogP) is 1.36. The molecular formula is C29H35FIN2O4-. The van der Waals surface area contributed by atoms with Crippen LogP contribution >= 0.6 is 0 Å². The number of dihydropyridines is 1. The van der Waals surface area contributed by atoms with Gasteiger partial charge in [-0.1, -0.05) is 12.1 Å². The SMILES string of the molecule is CC1=C(O)C(C(=O)CCCC(O)O)=NC2(CC3CCN(C4=CCC(c5ccccc5F)C=C4)CC3)[I-]C12. The molecule has 4 aliphatic rings. The monoisotopic (exact) mass is 621 g/mol. The maximum atomic E-state index is 14.2. The van der Waals surface area contributed by atoms with E-state index in [0.717, 1.165) is 49.9 Å². The second kappa shape index (κ2) is 11.0. The number of likely N-dealkylation sites (tertiary alicyclic amines) is 1. The summed E-state index contributed by atoms with van der Waals surface area (Å²) in [5, 5.41) is 28.7. The summed E-state index contributed by atoms with van der Waals surface area (Å²) in [4.78, 5) is 20.1. The van der Waals surface area contributed by atoms with Crippen molar-refractivity contribution in [1.82, 2.24) is 4.90 Å². The number of halogens is 2. The summed E-state index contributed by atoms with van der Waals surface area (Å²) < 4.78 is 14.3. The molecule has 1 aromatic rings. The number of carbonyl (C=O) groups excluding carboxylic acids is 1. The van der Waals surface area contributed by atoms with Crippen LogP contribution in [0.3, 0.4) is 0 Å². The molecule has 3 N–H and O–H groups in total. The third-order valence-corrected chi connectivity index (χ3v) is 12.3. The average Bonchev–Trinajstić information content (AvgIpc) is 3.61. The van der Waals surface area contributed by atoms with E-state index in [4.69, 9.17) is 15.2 Å². The number of rotatable bonds is 9. The molecule has 3 heterocycles. The topological polar surface area (TPSA) is 93.4 Å². The second-order valence-electron chi connectivity index (χ2n) is 10.6. The fourth-order valence-electron chi connectivity index (χ4n) is 5.80. The number of allylic oxidation sites excluding steroid dienone is 4. The molecule has 0 spiro atoms. The van der Waals surface area contributed by atoms with E-state index in [1.165, 1.54) is 11.8 Å². The molecule has 0 saturated carbocycles. The van der Waals surface area contributed by atoms with Crippen molar-refractivity contribution in [1.29, 1.82) is 0 Å². The minimum absolute atomic E-state index is 0.0481. The molecule has 0 bridgehead atoms. The van der Waals surface area contributed by atoms with Crippen molar-refractivity contribution in [3.8, 4) is 0 Å². The van der Waals surface area contributed by atoms with Gasteiger partial charge in [0, 0.05) is 0 Å². The van der Waals surface area contributed by atoms with Gasteiger partial charge in [-0.25, -0.2) is 4.39 Å². The molecule has 200 valence electrons. The zero-order chi connectivity index (χ0) is 26.2. The van der Waals surface area contributed by atoms with Crippen molar-refractivity contribution in [3.63, 3.8) is 0 Å². The summed E-state index contributed by atoms with van der Waals surface area (Å²) in [6, 6.07) is 7.00. The Balaban J connectivity index is 1.16. The van der Waals surface area contributed by atoms with Gasteiger partial charge in [0.1, 0.15) is 0 Å². The number of Topliss-reactive ketones (excluding diaryl/α,β-unsaturated/α-hetero) is 1. The van der Waals surface area contributed by atoms with E-state index in [0.29, 0.717) is 16.3 Å². The Morgan fingerprint density at radius 3 is 2.70 bits per heavy atom. The molecule has 1 aliphatic carbocycles. The van der Waals surface area contributed by atoms with Crippen LogP contribution in [0.1, 0.15) is 63.4 Å². The van der Waals surface area contributed by atoms with E-state index in [2.05, 4.69) is 23.1 Å². The summed E-state index contributed by atoms with van der Waals surface area (Å²) in [7, 11) is 0. The molecule has 0 aromatic heterocycles. The number of aliphatic hydroxyl groups excluding tert-OH is 2. The van der Waals surface area contributed by atoms with E-state index in [1.54, 1.807) is 6.07 Å². The fraction of sp³-hybridized carbons (Fsp3) is 0.517. The molecule has 6 nitrogen and oxygen atoms in total. The van der Waals surface area contributed by atoms with Gasteiger partial charge < -0.3 is 0 Å². The Morgan fingerprint density at radius 1 is 1.27 bits per heavy atom. The first-order chi connectivity index (χ1) is 17.8. The quantitative estimate of drug-likeness (QED) is 0.168. The van der Waals surface area contributed by atoms with Crippen LogP contribution in [0.4, 0.5) is 4.39 Å². The van der Waals surface area contributed by atoms with Crippen molar-refractivity contribution in [2.75, 3.05) is 13.1 Å². The Kier molecular flexibility index (Phi) is 7.88. The third kappa shape index (κ3) is 5.71. The van der Waals surface area contributed by atoms with E-state index in [1.807, 2.05) is 19.1 Å². The van der Waals surface area contributed by atoms with E-state index >= 15 is 0 Å². The zero-order valence-corrected chi connectivity index (χ0v) is 23.3. The Morgan fingerprint density at radius 2 is 2.03 bits per heavy atom. The molecule has 0 amide bonds. The second-order valence-corrected chi connectivity index (χ2v) is 14.3. The van der Waals surface area contributed by atoms with Gasteiger partial charge in [0.05, 0.1) is 0 Å². The first kappa shape index (κ1) is 26.6. The molecule has 1 aromatic carbocycles. The molecule has 5 rings (SSSR count). The number of ketones is 1. The number of nitrogens with zero attached hydrogens (tertiary/aromatic N) is 2. The number of fused-ring (bicyclic) bond motifs is 1. The van der Waals surface area contributed by atoms with Gasteiger partial charge in [0.2, 0.25) is 0 Å². The Bertz CT molecular complexity index is 1170. The number of carbonyl (C=O) groups is 1. The van der Waals surface area contributed by atoms with Gasteiger partial charge in [-0.15, -0.1) is 0 Å². The van der Waals surface area contributed by atoms with Crippen LogP contribution < -0.4 is 21.2 Å². The predicted molar refractivity (Wildman–Crippen MR) is 136 cm³/mol. The molecule has 3 aliphatic heterocycles. The summed E-state index contributed by atoms with van der Waals surface area (Å²) in [6.45, 7) is 3.88. The molecule has 8 heteroatoms. The number of hydrogen-bond acceptors (Lipinski definition) is 6. The van der Waals surface area contributed by atoms with Crippen LogP contribution in [0.25, 0.3) is 0 Å². The number of aliphatic hydroxyl groups is 3. The van der Waals surface area contributed by atoms with Gasteiger partial charge in [-0.3, -0.25) is 0 Å². The molecule has 0 radical (unpaired) electrons. The standard InChI is InChI=1S/C29H35FIN2O4/c1-18-27(37)26(24(34)7-4-8-25(35)36)32-29(28(18)31-29)17-19-13-15-33(16-14-19)21-11-9-20(10-12-21)22-5-2-3-6-23(22)30/h2-3,5-6,9,11-12,19-20,25,28,35-37H,4,7-8,10,13-17H2,1H3/q-1. The summed E-state index contributed by atoms with van der Waals surface area (Å²) in [5.41, 5.74) is 3.09. The van der Waals surface area contributed by atoms with Gasteiger partial charge >= 0.3 is 206 Å². The van der Waals surface area contributed by atoms with Crippen molar-refractivity contribution >= 4 is 11.5 Å². The van der Waals surface area contributed by atoms with Gasteiger partial charge in [-0.2, -0.15) is 0 Å². The molecule has 3 atom stereocenters. The van der Waals surface area contributed by atoms with E-state index < -0.39 is 6.29 Å². The minimum atomic E-state index is -1.42. The number of piperidine rings is 1. The normalized spacial score (nSPS) is 28.0. The zero-order valence-electron chi connectivity index (χ0n) is 21.1. The van der Waals surface area contributed by atoms with Crippen molar-refractivity contribution < 1.29 is 45.7 Å². The summed E-state index contributed by atoms with van der Waals surface area (Å²) in [5.74, 6) is 0.323. The number of aliphatic imine (C=N–C) groups is 1. The van der Waals surface area contributed by atoms with Crippen LogP contribution in [0.5, 0.6) is 0 Å². The van der Waals surface area contributed by atoms with Crippen molar-refractivity contribution in [2.24, 2.45) is 10.9 Å². The average molecular weight is 622 g/mol. The molecule has 2 fully saturated rings. The number of alkyl halides is 2. The van der Waals surface area contributed by atoms with E-state index in [9.17, 15) is 14.3 Å². The van der Waals surface area contributed by atoms with Gasteiger partial charge in [-0.05, 0) is 6.07 Å². The summed E-state index contributed by atoms with van der Waals surface area (Å²) >= 11 is -0.247. The Hall–Kier alpha value is -2.04. The Labute approximate surface area is 227 Å². The van der Waals surface area contributed by atoms with Crippen LogP contribution in [-0.2, 0) is 4.79 Å². The third-order valence-electron chi connectivity index (χ3n) is 7.98. The maximum absolute atomic E-state index is 14.2. The molecule has 2 saturated heterocycles. The van der Waals surface area contributed by atoms with Crippen molar-refractivity contribution in [2.45, 2.75) is 71.5 Å². The van der Waals surface area contributed by atoms with Crippen LogP contribution in [0, 0.1) is 11.7 Å². The molecular weight excluding hydrogens is 586 g/mol. The number of benzene rings is 1. The number of hydrogen-bond donors (Lipinski definition) is 3. The fourth-order valence-corrected chi connectivity index (χ4v) is 9.58. The van der Waals surface area contributed by atoms with Crippen LogP contribution in [0.2, 0.25) is 0 Å². The van der Waals surface area contributed by atoms with E-state index in [-0.39, 0.29) is 66.6 Å². The van der Waals surface area contributed by atoms with Crippen LogP contribution in [0.15, 0.2) is 64.5 Å². The van der Waals surface area contributed by atoms with Gasteiger partial charge in [0.25, 0.3) is 0 Å². The first-order valence-corrected chi connectivity index (χ1v) is 15.5. The molecule has 3 unspecified atom stereocenters. The van der Waals surface area contributed by atoms with Crippen LogP contribution in [-0.4, -0.2) is 58.6 Å². The van der Waals surface area contributed by atoms with Gasteiger partial charge in [0.15, 0.2) is 0 Å². The summed E-state index contributed by atoms with van der Waals surface area (Å²) in [6.07, 6.45) is 9.64.